The summed E-state index contributed by atoms with van der Waals surface area (Å²) < 4.78 is 23.2. The van der Waals surface area contributed by atoms with E-state index in [2.05, 4.69) is 5.32 Å². The fourth-order valence-electron chi connectivity index (χ4n) is 3.89. The van der Waals surface area contributed by atoms with Crippen molar-refractivity contribution in [3.05, 3.63) is 29.3 Å². The highest BCUT2D eigenvalue weighted by atomic mass is 32.2. The zero-order valence-corrected chi connectivity index (χ0v) is 16.8. The van der Waals surface area contributed by atoms with E-state index in [1.54, 1.807) is 4.90 Å². The number of hydrogen-bond acceptors (Lipinski definition) is 4. The third-order valence-electron chi connectivity index (χ3n) is 5.52. The van der Waals surface area contributed by atoms with Crippen molar-refractivity contribution in [2.45, 2.75) is 20.3 Å². The molecule has 1 atom stereocenters. The van der Waals surface area contributed by atoms with E-state index in [0.717, 1.165) is 21.7 Å². The molecule has 2 fully saturated rings. The summed E-state index contributed by atoms with van der Waals surface area (Å²) in [6.45, 7) is 6.86. The molecular weight excluding hydrogens is 366 g/mol. The molecule has 0 unspecified atom stereocenters. The van der Waals surface area contributed by atoms with Crippen molar-refractivity contribution in [2.75, 3.05) is 49.5 Å². The highest BCUT2D eigenvalue weighted by Crippen LogP contribution is 2.21. The molecule has 8 heteroatoms. The molecule has 0 aliphatic carbocycles. The lowest BCUT2D eigenvalue weighted by atomic mass is 10.1. The molecule has 2 aliphatic heterocycles. The normalized spacial score (nSPS) is 22.6. The van der Waals surface area contributed by atoms with E-state index in [4.69, 9.17) is 0 Å². The van der Waals surface area contributed by atoms with E-state index in [0.29, 0.717) is 39.1 Å². The highest BCUT2D eigenvalue weighted by molar-refractivity contribution is 7.91. The minimum atomic E-state index is -3.05. The van der Waals surface area contributed by atoms with Crippen LogP contribution < -0.4 is 10.2 Å². The molecule has 2 heterocycles. The highest BCUT2D eigenvalue weighted by Gasteiger charge is 2.37. The number of quaternary nitrogens is 1. The number of aryl methyl sites for hydroxylation is 2. The van der Waals surface area contributed by atoms with Gasteiger partial charge in [0, 0.05) is 5.69 Å². The van der Waals surface area contributed by atoms with Gasteiger partial charge in [0.05, 0.1) is 43.6 Å². The van der Waals surface area contributed by atoms with Crippen LogP contribution in [0.15, 0.2) is 18.2 Å². The molecule has 0 saturated carbocycles. The van der Waals surface area contributed by atoms with Gasteiger partial charge in [0.15, 0.2) is 16.4 Å². The summed E-state index contributed by atoms with van der Waals surface area (Å²) in [4.78, 5) is 27.8. The first-order chi connectivity index (χ1) is 12.7. The minimum Gasteiger partial charge on any atom is -0.331 e. The number of hydrogen-bond donors (Lipinski definition) is 2. The van der Waals surface area contributed by atoms with E-state index >= 15 is 0 Å². The van der Waals surface area contributed by atoms with Gasteiger partial charge in [-0.1, -0.05) is 18.2 Å². The molecule has 0 radical (unpaired) electrons. The summed E-state index contributed by atoms with van der Waals surface area (Å²) in [6.07, 6.45) is 0.437. The van der Waals surface area contributed by atoms with Crippen molar-refractivity contribution >= 4 is 27.3 Å². The maximum Gasteiger partial charge on any atom is 0.279 e. The summed E-state index contributed by atoms with van der Waals surface area (Å²) in [5, 5.41) is 3.01. The number of benzene rings is 1. The van der Waals surface area contributed by atoms with Crippen molar-refractivity contribution in [3.8, 4) is 0 Å². The average Bonchev–Trinajstić information content (AvgIpc) is 2.98. The number of nitrogens with zero attached hydrogens (tertiary/aromatic N) is 1. The first kappa shape index (κ1) is 19.8. The molecule has 1 aromatic rings. The lowest BCUT2D eigenvalue weighted by Crippen LogP contribution is -3.15. The third-order valence-corrected chi connectivity index (χ3v) is 7.29. The Hall–Kier alpha value is -1.93. The number of sulfone groups is 1. The van der Waals surface area contributed by atoms with Crippen LogP contribution >= 0.6 is 0 Å². The fourth-order valence-corrected chi connectivity index (χ4v) is 5.62. The number of para-hydroxylation sites is 1. The Kier molecular flexibility index (Phi) is 5.86. The van der Waals surface area contributed by atoms with Crippen LogP contribution in [0.5, 0.6) is 0 Å². The van der Waals surface area contributed by atoms with Gasteiger partial charge in [-0.2, -0.15) is 0 Å². The predicted octanol–water partition coefficient (Wildman–Crippen LogP) is -0.596. The number of rotatable bonds is 4. The molecule has 0 bridgehead atoms. The average molecular weight is 395 g/mol. The fraction of sp³-hybridized carbons (Fsp3) is 0.579. The van der Waals surface area contributed by atoms with Gasteiger partial charge in [-0.05, 0) is 31.4 Å². The van der Waals surface area contributed by atoms with E-state index in [1.807, 2.05) is 32.0 Å². The standard InChI is InChI=1S/C19H27N3O4S/c1-14-4-3-5-15(2)18(14)20-17(23)12-21-7-9-22(10-8-21)19(24)16-6-11-27(25,26)13-16/h3-5,16H,6-13H2,1-2H3,(H,20,23)/p+1/t16-/m1/s1. The second kappa shape index (κ2) is 7.98. The molecule has 2 aliphatic rings. The zero-order valence-electron chi connectivity index (χ0n) is 16.0. The Morgan fingerprint density at radius 3 is 2.37 bits per heavy atom. The molecule has 2 N–H and O–H groups in total. The van der Waals surface area contributed by atoms with E-state index in [1.165, 1.54) is 0 Å². The minimum absolute atomic E-state index is 0.0168. The monoisotopic (exact) mass is 394 g/mol. The van der Waals surface area contributed by atoms with Crippen LogP contribution in [0.2, 0.25) is 0 Å². The van der Waals surface area contributed by atoms with Crippen LogP contribution in [-0.2, 0) is 19.4 Å². The summed E-state index contributed by atoms with van der Waals surface area (Å²) in [5.74, 6) is -0.354. The van der Waals surface area contributed by atoms with Gasteiger partial charge in [-0.3, -0.25) is 9.59 Å². The number of carbonyl (C=O) groups is 2. The van der Waals surface area contributed by atoms with Gasteiger partial charge in [-0.15, -0.1) is 0 Å². The van der Waals surface area contributed by atoms with Crippen LogP contribution in [-0.4, -0.2) is 69.4 Å². The molecule has 7 nitrogen and oxygen atoms in total. The number of anilines is 1. The molecule has 27 heavy (non-hydrogen) atoms. The Bertz CT molecular complexity index is 809. The Balaban J connectivity index is 1.48. The second-order valence-electron chi connectivity index (χ2n) is 7.67. The second-order valence-corrected chi connectivity index (χ2v) is 9.90. The van der Waals surface area contributed by atoms with Gasteiger partial charge in [0.1, 0.15) is 0 Å². The van der Waals surface area contributed by atoms with Gasteiger partial charge in [0.25, 0.3) is 5.91 Å². The van der Waals surface area contributed by atoms with E-state index < -0.39 is 9.84 Å². The Labute approximate surface area is 160 Å². The number of carbonyl (C=O) groups excluding carboxylic acids is 2. The molecule has 2 amide bonds. The molecule has 148 valence electrons. The molecule has 1 aromatic carbocycles. The first-order valence-corrected chi connectivity index (χ1v) is 11.3. The van der Waals surface area contributed by atoms with Gasteiger partial charge in [-0.25, -0.2) is 8.42 Å². The van der Waals surface area contributed by atoms with Crippen LogP contribution in [0.4, 0.5) is 5.69 Å². The van der Waals surface area contributed by atoms with Crippen molar-refractivity contribution in [2.24, 2.45) is 5.92 Å². The van der Waals surface area contributed by atoms with Crippen LogP contribution in [0.1, 0.15) is 17.5 Å². The lowest BCUT2D eigenvalue weighted by Gasteiger charge is -2.33. The summed E-state index contributed by atoms with van der Waals surface area (Å²) >= 11 is 0. The number of nitrogens with one attached hydrogen (secondary N) is 2. The van der Waals surface area contributed by atoms with Crippen molar-refractivity contribution in [1.29, 1.82) is 0 Å². The molecule has 0 spiro atoms. The molecule has 0 aromatic heterocycles. The summed E-state index contributed by atoms with van der Waals surface area (Å²) in [6, 6.07) is 5.92. The maximum atomic E-state index is 12.5. The summed E-state index contributed by atoms with van der Waals surface area (Å²) in [5.41, 5.74) is 2.96. The van der Waals surface area contributed by atoms with Crippen molar-refractivity contribution in [1.82, 2.24) is 4.90 Å². The van der Waals surface area contributed by atoms with Crippen molar-refractivity contribution < 1.29 is 22.9 Å². The van der Waals surface area contributed by atoms with Crippen LogP contribution in [0, 0.1) is 19.8 Å². The Morgan fingerprint density at radius 1 is 1.19 bits per heavy atom. The zero-order chi connectivity index (χ0) is 19.6. The maximum absolute atomic E-state index is 12.5. The predicted molar refractivity (Wildman–Crippen MR) is 103 cm³/mol. The van der Waals surface area contributed by atoms with Gasteiger partial charge in [0.2, 0.25) is 5.91 Å². The van der Waals surface area contributed by atoms with E-state index in [-0.39, 0.29) is 29.2 Å². The molecular formula is C19H28N3O4S+. The largest absolute Gasteiger partial charge is 0.331 e. The summed E-state index contributed by atoms with van der Waals surface area (Å²) in [7, 11) is -3.05. The molecule has 3 rings (SSSR count). The SMILES string of the molecule is Cc1cccc(C)c1NC(=O)C[NH+]1CCN(C(=O)[C@@H]2CCS(=O)(=O)C2)CC1. The Morgan fingerprint density at radius 2 is 1.81 bits per heavy atom. The van der Waals surface area contributed by atoms with Gasteiger partial charge >= 0.3 is 0 Å². The van der Waals surface area contributed by atoms with Gasteiger partial charge < -0.3 is 15.1 Å². The van der Waals surface area contributed by atoms with E-state index in [9.17, 15) is 18.0 Å². The molecule has 2 saturated heterocycles. The van der Waals surface area contributed by atoms with Crippen LogP contribution in [0.3, 0.4) is 0 Å². The number of amides is 2. The first-order valence-electron chi connectivity index (χ1n) is 9.44. The topological polar surface area (TPSA) is 88.0 Å². The van der Waals surface area contributed by atoms with Crippen LogP contribution in [0.25, 0.3) is 0 Å². The van der Waals surface area contributed by atoms with Crippen molar-refractivity contribution in [3.63, 3.8) is 0 Å². The lowest BCUT2D eigenvalue weighted by molar-refractivity contribution is -0.895. The number of piperazine rings is 1. The quantitative estimate of drug-likeness (QED) is 0.714. The third kappa shape index (κ3) is 4.87. The smallest absolute Gasteiger partial charge is 0.279 e.